The molecule has 0 radical (unpaired) electrons. The minimum atomic E-state index is -0.189. The Morgan fingerprint density at radius 3 is 2.81 bits per heavy atom. The van der Waals surface area contributed by atoms with Crippen molar-refractivity contribution in [3.05, 3.63) is 64.5 Å². The van der Waals surface area contributed by atoms with Crippen LogP contribution in [0, 0.1) is 40.9 Å². The third-order valence-corrected chi connectivity index (χ3v) is 13.4. The lowest BCUT2D eigenvalue weighted by molar-refractivity contribution is -0.0794. The van der Waals surface area contributed by atoms with Crippen LogP contribution in [0.4, 0.5) is 4.79 Å². The standard InChI is InChI=1S/C37H49N3O3/c1-22-14-33-34(40(20-22)35(41)42-21-25-8-6-5-7-9-25)24(3)37(43-33)13-12-28-29-11-10-27-15-32-26(19-38-39-32)18-36(27,4)31(29)16-30(28)23(2)17-37/h5-9,19,22,24,27-29,31,33-34H,10-18,20-21H2,1-4H3,(H,38,39). The summed E-state index contributed by atoms with van der Waals surface area (Å²) in [5.74, 6) is 3.71. The summed E-state index contributed by atoms with van der Waals surface area (Å²) in [6.45, 7) is 10.7. The van der Waals surface area contributed by atoms with E-state index >= 15 is 0 Å². The second-order valence-electron chi connectivity index (χ2n) is 15.7. The summed E-state index contributed by atoms with van der Waals surface area (Å²) in [4.78, 5) is 15.6. The van der Waals surface area contributed by atoms with Crippen molar-refractivity contribution < 1.29 is 14.3 Å². The van der Waals surface area contributed by atoms with Crippen LogP contribution in [-0.2, 0) is 28.9 Å². The summed E-state index contributed by atoms with van der Waals surface area (Å²) in [6, 6.07) is 10.1. The number of likely N-dealkylation sites (tertiary alicyclic amines) is 1. The number of aromatic amines is 1. The van der Waals surface area contributed by atoms with E-state index in [1.165, 1.54) is 49.8 Å². The molecular weight excluding hydrogens is 534 g/mol. The molecule has 1 N–H and O–H groups in total. The lowest BCUT2D eigenvalue weighted by atomic mass is 9.52. The van der Waals surface area contributed by atoms with E-state index in [-0.39, 0.29) is 29.8 Å². The Balaban J connectivity index is 1.03. The first-order valence-electron chi connectivity index (χ1n) is 17.1. The van der Waals surface area contributed by atoms with Gasteiger partial charge >= 0.3 is 6.09 Å². The molecular formula is C37H49N3O3. The fourth-order valence-corrected chi connectivity index (χ4v) is 11.3. The van der Waals surface area contributed by atoms with E-state index in [0.717, 1.165) is 49.1 Å². The Kier molecular flexibility index (Phi) is 6.63. The van der Waals surface area contributed by atoms with Gasteiger partial charge in [-0.15, -0.1) is 0 Å². The Labute approximate surface area is 257 Å². The minimum Gasteiger partial charge on any atom is -0.445 e. The summed E-state index contributed by atoms with van der Waals surface area (Å²) >= 11 is 0. The Hall–Kier alpha value is -2.60. The highest BCUT2D eigenvalue weighted by molar-refractivity contribution is 5.68. The zero-order valence-corrected chi connectivity index (χ0v) is 26.5. The number of fused-ring (bicyclic) bond motifs is 7. The number of nitrogens with one attached hydrogen (secondary N) is 1. The van der Waals surface area contributed by atoms with Crippen LogP contribution in [0.5, 0.6) is 0 Å². The number of hydrogen-bond acceptors (Lipinski definition) is 4. The normalized spacial score (nSPS) is 41.6. The van der Waals surface area contributed by atoms with Gasteiger partial charge in [0.05, 0.1) is 23.9 Å². The van der Waals surface area contributed by atoms with Gasteiger partial charge in [-0.05, 0) is 111 Å². The molecule has 4 aliphatic carbocycles. The summed E-state index contributed by atoms with van der Waals surface area (Å²) < 4.78 is 13.1. The van der Waals surface area contributed by atoms with Crippen molar-refractivity contribution in [1.29, 1.82) is 0 Å². The maximum atomic E-state index is 13.6. The molecule has 6 nitrogen and oxygen atoms in total. The summed E-state index contributed by atoms with van der Waals surface area (Å²) in [6.07, 6.45) is 12.7. The van der Waals surface area contributed by atoms with E-state index in [9.17, 15) is 4.79 Å². The number of hydrogen-bond donors (Lipinski definition) is 1. The average molecular weight is 584 g/mol. The van der Waals surface area contributed by atoms with Gasteiger partial charge in [-0.25, -0.2) is 4.79 Å². The number of nitrogens with zero attached hydrogens (tertiary/aromatic N) is 2. The first-order valence-corrected chi connectivity index (χ1v) is 17.1. The molecule has 6 heteroatoms. The fraction of sp³-hybridized carbons (Fsp3) is 0.676. The smallest absolute Gasteiger partial charge is 0.410 e. The second kappa shape index (κ2) is 10.2. The highest BCUT2D eigenvalue weighted by Gasteiger charge is 2.61. The topological polar surface area (TPSA) is 67.5 Å². The molecule has 2 saturated heterocycles. The molecule has 4 fully saturated rings. The zero-order chi connectivity index (χ0) is 29.5. The van der Waals surface area contributed by atoms with Crippen molar-refractivity contribution in [1.82, 2.24) is 15.1 Å². The van der Waals surface area contributed by atoms with Gasteiger partial charge in [0.2, 0.25) is 0 Å². The third kappa shape index (κ3) is 4.36. The number of piperidine rings is 1. The van der Waals surface area contributed by atoms with Crippen molar-refractivity contribution in [3.8, 4) is 0 Å². The number of rotatable bonds is 2. The van der Waals surface area contributed by atoms with Gasteiger partial charge in [-0.3, -0.25) is 5.10 Å². The predicted molar refractivity (Wildman–Crippen MR) is 166 cm³/mol. The highest BCUT2D eigenvalue weighted by atomic mass is 16.6. The molecule has 6 aliphatic rings. The average Bonchev–Trinajstić information content (AvgIpc) is 3.65. The van der Waals surface area contributed by atoms with E-state index in [4.69, 9.17) is 9.47 Å². The van der Waals surface area contributed by atoms with Crippen LogP contribution in [0.1, 0.15) is 89.5 Å². The van der Waals surface area contributed by atoms with Crippen LogP contribution in [-0.4, -0.2) is 45.5 Å². The number of H-pyrrole nitrogens is 1. The number of carbonyl (C=O) groups excluding carboxylic acids is 1. The second-order valence-corrected chi connectivity index (χ2v) is 15.7. The zero-order valence-electron chi connectivity index (χ0n) is 26.5. The lowest BCUT2D eigenvalue weighted by Crippen LogP contribution is -2.54. The molecule has 1 aromatic heterocycles. The molecule has 43 heavy (non-hydrogen) atoms. The molecule has 10 atom stereocenters. The van der Waals surface area contributed by atoms with Crippen LogP contribution in [0.2, 0.25) is 0 Å². The Morgan fingerprint density at radius 2 is 1.98 bits per heavy atom. The number of aromatic nitrogens is 2. The number of ether oxygens (including phenoxy) is 2. The molecule has 230 valence electrons. The van der Waals surface area contributed by atoms with E-state index in [1.54, 1.807) is 11.1 Å². The van der Waals surface area contributed by atoms with Crippen molar-refractivity contribution >= 4 is 6.09 Å². The maximum absolute atomic E-state index is 13.6. The quantitative estimate of drug-likeness (QED) is 0.372. The van der Waals surface area contributed by atoms with Gasteiger partial charge < -0.3 is 14.4 Å². The summed E-state index contributed by atoms with van der Waals surface area (Å²) in [7, 11) is 0. The van der Waals surface area contributed by atoms with Crippen LogP contribution in [0.15, 0.2) is 47.7 Å². The van der Waals surface area contributed by atoms with Gasteiger partial charge in [0.15, 0.2) is 0 Å². The van der Waals surface area contributed by atoms with Crippen molar-refractivity contribution in [3.63, 3.8) is 0 Å². The molecule has 2 aromatic rings. The predicted octanol–water partition coefficient (Wildman–Crippen LogP) is 7.50. The van der Waals surface area contributed by atoms with E-state index in [0.29, 0.717) is 23.9 Å². The van der Waals surface area contributed by atoms with Crippen molar-refractivity contribution in [2.24, 2.45) is 40.9 Å². The Morgan fingerprint density at radius 1 is 1.14 bits per heavy atom. The third-order valence-electron chi connectivity index (χ3n) is 13.4. The van der Waals surface area contributed by atoms with Crippen LogP contribution in [0.3, 0.4) is 0 Å². The van der Waals surface area contributed by atoms with E-state index < -0.39 is 0 Å². The summed E-state index contributed by atoms with van der Waals surface area (Å²) in [5.41, 5.74) is 7.44. The summed E-state index contributed by atoms with van der Waals surface area (Å²) in [5, 5.41) is 7.73. The first-order chi connectivity index (χ1) is 20.8. The molecule has 8 rings (SSSR count). The monoisotopic (exact) mass is 583 g/mol. The molecule has 10 unspecified atom stereocenters. The van der Waals surface area contributed by atoms with Gasteiger partial charge in [-0.2, -0.15) is 5.10 Å². The number of benzene rings is 1. The Bertz CT molecular complexity index is 1420. The van der Waals surface area contributed by atoms with E-state index in [1.807, 2.05) is 35.2 Å². The van der Waals surface area contributed by atoms with Gasteiger partial charge in [0.25, 0.3) is 0 Å². The SMILES string of the molecule is CC1=C2CC3C(CCC4Cc5[nH]ncc5CC43C)C2CCC2(C1)OC1CC(C)CN(C(=O)OCc3ccccc3)C1C2C. The van der Waals surface area contributed by atoms with Crippen LogP contribution < -0.4 is 0 Å². The van der Waals surface area contributed by atoms with Crippen LogP contribution in [0.25, 0.3) is 0 Å². The molecule has 3 heterocycles. The number of amides is 1. The van der Waals surface area contributed by atoms with E-state index in [2.05, 4.69) is 44.1 Å². The largest absolute Gasteiger partial charge is 0.445 e. The fourth-order valence-electron chi connectivity index (χ4n) is 11.3. The number of allylic oxidation sites excluding steroid dienone is 1. The molecule has 2 saturated carbocycles. The van der Waals surface area contributed by atoms with Crippen LogP contribution >= 0.6 is 0 Å². The number of carbonyl (C=O) groups is 1. The first kappa shape index (κ1) is 27.9. The molecule has 2 aliphatic heterocycles. The minimum absolute atomic E-state index is 0.0868. The van der Waals surface area contributed by atoms with Gasteiger partial charge in [0.1, 0.15) is 6.61 Å². The van der Waals surface area contributed by atoms with Crippen molar-refractivity contribution in [2.45, 2.75) is 110 Å². The molecule has 1 spiro atoms. The molecule has 1 aromatic carbocycles. The maximum Gasteiger partial charge on any atom is 0.410 e. The van der Waals surface area contributed by atoms with Gasteiger partial charge in [0, 0.05) is 18.2 Å². The lowest BCUT2D eigenvalue weighted by Gasteiger charge is -2.52. The highest BCUT2D eigenvalue weighted by Crippen LogP contribution is 2.64. The van der Waals surface area contributed by atoms with Crippen molar-refractivity contribution in [2.75, 3.05) is 6.54 Å². The van der Waals surface area contributed by atoms with Gasteiger partial charge in [-0.1, -0.05) is 62.2 Å². The molecule has 0 bridgehead atoms. The molecule has 1 amide bonds.